The molecule has 1 amide bonds. The van der Waals surface area contributed by atoms with Gasteiger partial charge >= 0.3 is 0 Å². The average Bonchev–Trinajstić information content (AvgIpc) is 3.08. The molecule has 0 aromatic heterocycles. The number of hydrogen-bond donors (Lipinski definition) is 0. The quantitative estimate of drug-likeness (QED) is 0.571. The van der Waals surface area contributed by atoms with Crippen molar-refractivity contribution in [3.8, 4) is 0 Å². The highest BCUT2D eigenvalue weighted by Crippen LogP contribution is 2.42. The van der Waals surface area contributed by atoms with Crippen LogP contribution >= 0.6 is 0 Å². The normalized spacial score (nSPS) is 22.6. The molecule has 0 unspecified atom stereocenters. The van der Waals surface area contributed by atoms with Crippen molar-refractivity contribution in [2.75, 3.05) is 14.1 Å². The van der Waals surface area contributed by atoms with Gasteiger partial charge in [0.2, 0.25) is 0 Å². The first-order chi connectivity index (χ1) is 7.61. The van der Waals surface area contributed by atoms with E-state index in [1.807, 2.05) is 30.3 Å². The monoisotopic (exact) mass is 217 g/mol. The number of carbonyl (C=O) groups is 1. The smallest absolute Gasteiger partial charge is 0.251 e. The molecule has 0 saturated carbocycles. The molecule has 0 spiro atoms. The van der Waals surface area contributed by atoms with Crippen LogP contribution in [-0.2, 0) is 9.53 Å². The lowest BCUT2D eigenvalue weighted by Gasteiger charge is -2.10. The maximum atomic E-state index is 11.6. The van der Waals surface area contributed by atoms with Gasteiger partial charge in [-0.25, -0.2) is 0 Å². The second-order valence-electron chi connectivity index (χ2n) is 4.11. The van der Waals surface area contributed by atoms with Crippen molar-refractivity contribution in [3.63, 3.8) is 0 Å². The highest BCUT2D eigenvalue weighted by atomic mass is 16.6. The minimum absolute atomic E-state index is 0.00222. The van der Waals surface area contributed by atoms with Crippen LogP contribution in [0.2, 0.25) is 0 Å². The van der Waals surface area contributed by atoms with Gasteiger partial charge in [0, 0.05) is 19.7 Å². The number of benzene rings is 1. The average molecular weight is 217 g/mol. The zero-order chi connectivity index (χ0) is 11.7. The number of rotatable bonds is 3. The second-order valence-corrected chi connectivity index (χ2v) is 4.11. The summed E-state index contributed by atoms with van der Waals surface area (Å²) in [7, 11) is 3.43. The van der Waals surface area contributed by atoms with Gasteiger partial charge in [-0.15, -0.1) is 0 Å². The Morgan fingerprint density at radius 2 is 1.94 bits per heavy atom. The summed E-state index contributed by atoms with van der Waals surface area (Å²) in [5, 5.41) is 0. The van der Waals surface area contributed by atoms with Gasteiger partial charge in [0.15, 0.2) is 0 Å². The molecular weight excluding hydrogens is 202 g/mol. The van der Waals surface area contributed by atoms with Gasteiger partial charge in [-0.1, -0.05) is 36.9 Å². The van der Waals surface area contributed by atoms with Gasteiger partial charge in [-0.2, -0.15) is 0 Å². The van der Waals surface area contributed by atoms with Crippen LogP contribution in [-0.4, -0.2) is 31.0 Å². The SMILES string of the molecule is C=C(C(=O)N(C)C)[C@H]1O[C@H]1c1ccccc1. The lowest BCUT2D eigenvalue weighted by atomic mass is 10.1. The third-order valence-corrected chi connectivity index (χ3v) is 2.64. The summed E-state index contributed by atoms with van der Waals surface area (Å²) in [5.41, 5.74) is 1.62. The molecule has 2 rings (SSSR count). The number of nitrogens with zero attached hydrogens (tertiary/aromatic N) is 1. The molecule has 3 heteroatoms. The maximum Gasteiger partial charge on any atom is 0.251 e. The molecule has 1 aliphatic heterocycles. The Kier molecular flexibility index (Phi) is 2.79. The molecule has 1 aromatic carbocycles. The summed E-state index contributed by atoms with van der Waals surface area (Å²) in [6.45, 7) is 3.80. The van der Waals surface area contributed by atoms with Crippen molar-refractivity contribution in [1.29, 1.82) is 0 Å². The van der Waals surface area contributed by atoms with Crippen LogP contribution in [0.25, 0.3) is 0 Å². The van der Waals surface area contributed by atoms with Crippen molar-refractivity contribution in [3.05, 3.63) is 48.0 Å². The number of amides is 1. The Balaban J connectivity index is 2.02. The van der Waals surface area contributed by atoms with Gasteiger partial charge in [0.1, 0.15) is 12.2 Å². The molecule has 0 bridgehead atoms. The summed E-state index contributed by atoms with van der Waals surface area (Å²) in [6.07, 6.45) is -0.158. The third-order valence-electron chi connectivity index (χ3n) is 2.64. The number of ether oxygens (including phenoxy) is 1. The summed E-state index contributed by atoms with van der Waals surface area (Å²) in [6, 6.07) is 9.88. The van der Waals surface area contributed by atoms with Gasteiger partial charge < -0.3 is 9.64 Å². The first kappa shape index (κ1) is 10.9. The molecule has 1 aromatic rings. The largest absolute Gasteiger partial charge is 0.359 e. The van der Waals surface area contributed by atoms with E-state index in [9.17, 15) is 4.79 Å². The fourth-order valence-corrected chi connectivity index (χ4v) is 1.68. The van der Waals surface area contributed by atoms with E-state index in [0.717, 1.165) is 5.56 Å². The van der Waals surface area contributed by atoms with Crippen molar-refractivity contribution in [2.24, 2.45) is 0 Å². The highest BCUT2D eigenvalue weighted by Gasteiger charge is 2.44. The highest BCUT2D eigenvalue weighted by molar-refractivity contribution is 5.94. The molecule has 3 nitrogen and oxygen atoms in total. The van der Waals surface area contributed by atoms with E-state index >= 15 is 0 Å². The van der Waals surface area contributed by atoms with E-state index in [-0.39, 0.29) is 18.1 Å². The summed E-state index contributed by atoms with van der Waals surface area (Å²) in [4.78, 5) is 13.2. The number of likely N-dealkylation sites (N-methyl/N-ethyl adjacent to an activating group) is 1. The van der Waals surface area contributed by atoms with Crippen molar-refractivity contribution >= 4 is 5.91 Å². The topological polar surface area (TPSA) is 32.8 Å². The Morgan fingerprint density at radius 3 is 2.50 bits per heavy atom. The first-order valence-corrected chi connectivity index (χ1v) is 5.22. The number of hydrogen-bond acceptors (Lipinski definition) is 2. The summed E-state index contributed by atoms with van der Waals surface area (Å²) >= 11 is 0. The molecule has 84 valence electrons. The minimum Gasteiger partial charge on any atom is -0.359 e. The zero-order valence-electron chi connectivity index (χ0n) is 9.51. The van der Waals surface area contributed by atoms with Crippen molar-refractivity contribution in [1.82, 2.24) is 4.90 Å². The predicted octanol–water partition coefficient (Wildman–Crippen LogP) is 1.77. The third kappa shape index (κ3) is 1.99. The van der Waals surface area contributed by atoms with Crippen molar-refractivity contribution in [2.45, 2.75) is 12.2 Å². The fourth-order valence-electron chi connectivity index (χ4n) is 1.68. The molecule has 16 heavy (non-hydrogen) atoms. The first-order valence-electron chi connectivity index (χ1n) is 5.22. The van der Waals surface area contributed by atoms with Crippen molar-refractivity contribution < 1.29 is 9.53 Å². The van der Waals surface area contributed by atoms with Gasteiger partial charge in [-0.05, 0) is 5.56 Å². The minimum atomic E-state index is -0.155. The molecule has 1 saturated heterocycles. The van der Waals surface area contributed by atoms with E-state index in [1.54, 1.807) is 14.1 Å². The van der Waals surface area contributed by atoms with Crippen LogP contribution in [0.3, 0.4) is 0 Å². The summed E-state index contributed by atoms with van der Waals surface area (Å²) in [5.74, 6) is -0.0663. The Bertz CT molecular complexity index is 411. The molecule has 0 aliphatic carbocycles. The van der Waals surface area contributed by atoms with E-state index in [4.69, 9.17) is 4.74 Å². The van der Waals surface area contributed by atoms with E-state index in [2.05, 4.69) is 6.58 Å². The maximum absolute atomic E-state index is 11.6. The van der Waals surface area contributed by atoms with Gasteiger partial charge in [-0.3, -0.25) is 4.79 Å². The van der Waals surface area contributed by atoms with Crippen LogP contribution in [0.5, 0.6) is 0 Å². The molecule has 0 N–H and O–H groups in total. The lowest BCUT2D eigenvalue weighted by Crippen LogP contribution is -2.25. The lowest BCUT2D eigenvalue weighted by molar-refractivity contribution is -0.124. The molecule has 1 heterocycles. The molecule has 1 fully saturated rings. The zero-order valence-corrected chi connectivity index (χ0v) is 9.51. The predicted molar refractivity (Wildman–Crippen MR) is 61.9 cm³/mol. The number of carbonyl (C=O) groups excluding carboxylic acids is 1. The standard InChI is InChI=1S/C13H15NO2/c1-9(13(15)14(2)3)11-12(16-11)10-7-5-4-6-8-10/h4-8,11-12H,1H2,2-3H3/t11-,12+/m1/s1. The molecule has 1 aliphatic rings. The van der Waals surface area contributed by atoms with Crippen LogP contribution in [0.15, 0.2) is 42.5 Å². The summed E-state index contributed by atoms with van der Waals surface area (Å²) < 4.78 is 5.49. The van der Waals surface area contributed by atoms with Crippen LogP contribution in [0, 0.1) is 0 Å². The van der Waals surface area contributed by atoms with Crippen LogP contribution in [0.1, 0.15) is 11.7 Å². The molecule has 0 radical (unpaired) electrons. The van der Waals surface area contributed by atoms with E-state index < -0.39 is 0 Å². The van der Waals surface area contributed by atoms with Crippen LogP contribution < -0.4 is 0 Å². The van der Waals surface area contributed by atoms with Gasteiger partial charge in [0.05, 0.1) is 0 Å². The van der Waals surface area contributed by atoms with E-state index in [0.29, 0.717) is 5.57 Å². The molecule has 2 atom stereocenters. The molecular formula is C13H15NO2. The van der Waals surface area contributed by atoms with Crippen LogP contribution in [0.4, 0.5) is 0 Å². The fraction of sp³-hybridized carbons (Fsp3) is 0.308. The Morgan fingerprint density at radius 1 is 1.31 bits per heavy atom. The number of epoxide rings is 1. The van der Waals surface area contributed by atoms with E-state index in [1.165, 1.54) is 4.90 Å². The Hall–Kier alpha value is -1.61. The van der Waals surface area contributed by atoms with Gasteiger partial charge in [0.25, 0.3) is 5.91 Å². The second kappa shape index (κ2) is 4.10. The Labute approximate surface area is 95.3 Å².